The highest BCUT2D eigenvalue weighted by molar-refractivity contribution is 5.94. The van der Waals surface area contributed by atoms with Crippen LogP contribution in [0.4, 0.5) is 10.7 Å². The monoisotopic (exact) mass is 682 g/mol. The van der Waals surface area contributed by atoms with Gasteiger partial charge in [-0.15, -0.1) is 0 Å². The van der Waals surface area contributed by atoms with Crippen LogP contribution in [-0.4, -0.2) is 78.1 Å². The largest absolute Gasteiger partial charge is 0.460 e. The minimum atomic E-state index is -1.29. The number of fused-ring (bicyclic) bond motifs is 1. The topological polar surface area (TPSA) is 228 Å². The highest BCUT2D eigenvalue weighted by atomic mass is 16.6. The van der Waals surface area contributed by atoms with Gasteiger partial charge in [0.1, 0.15) is 22.8 Å². The number of hydrogen-bond donors (Lipinski definition) is 3. The first kappa shape index (κ1) is 37.8. The number of carbonyl (C=O) groups is 5. The molecule has 0 aliphatic heterocycles. The third-order valence-corrected chi connectivity index (χ3v) is 5.68. The number of esters is 3. The van der Waals surface area contributed by atoms with Crippen LogP contribution in [0.5, 0.6) is 5.75 Å². The summed E-state index contributed by atoms with van der Waals surface area (Å²) in [7, 11) is 0. The third kappa shape index (κ3) is 12.5. The van der Waals surface area contributed by atoms with Gasteiger partial charge in [-0.3, -0.25) is 14.9 Å². The fourth-order valence-electron chi connectivity index (χ4n) is 3.98. The molecule has 264 valence electrons. The van der Waals surface area contributed by atoms with E-state index in [0.717, 1.165) is 12.4 Å². The second kappa shape index (κ2) is 15.1. The number of nitrogens with one attached hydrogen (secondary N) is 2. The number of amides is 2. The van der Waals surface area contributed by atoms with Crippen LogP contribution < -0.4 is 21.1 Å². The maximum absolute atomic E-state index is 13.1. The molecular weight excluding hydrogens is 640 g/mol. The van der Waals surface area contributed by atoms with Gasteiger partial charge in [0.2, 0.25) is 11.9 Å². The number of nitrogens with two attached hydrogens (primary N) is 1. The van der Waals surface area contributed by atoms with Crippen LogP contribution in [0.3, 0.4) is 0 Å². The number of rotatable bonds is 9. The molecule has 49 heavy (non-hydrogen) atoms. The molecule has 1 atom stereocenters. The van der Waals surface area contributed by atoms with Gasteiger partial charge >= 0.3 is 24.0 Å². The van der Waals surface area contributed by atoms with Crippen molar-refractivity contribution in [1.29, 1.82) is 0 Å². The van der Waals surface area contributed by atoms with Crippen LogP contribution in [0.2, 0.25) is 0 Å². The Morgan fingerprint density at radius 2 is 1.49 bits per heavy atom. The Hall–Kier alpha value is -5.61. The maximum atomic E-state index is 13.1. The first-order chi connectivity index (χ1) is 22.6. The average molecular weight is 683 g/mol. The number of aliphatic imine (C=N–C) groups is 1. The van der Waals surface area contributed by atoms with Crippen LogP contribution in [-0.2, 0) is 35.0 Å². The minimum absolute atomic E-state index is 0.0241. The fourth-order valence-corrected chi connectivity index (χ4v) is 3.98. The Morgan fingerprint density at radius 1 is 0.878 bits per heavy atom. The molecule has 0 saturated heterocycles. The summed E-state index contributed by atoms with van der Waals surface area (Å²) < 4.78 is 22.9. The summed E-state index contributed by atoms with van der Waals surface area (Å²) in [5, 5.41) is 4.82. The standard InChI is InChI=1S/C32H42N8O9/c1-30(2,3)47-23(42)15-20(26(44)48-31(4,5)6)37-22(41)14-19-10-11-21(24-34-12-13-40(19)24)46-25(43)18-16-35-28(36-17-18)38-27(33)39-29(45)49-32(7,8)9/h10-13,16-17,20H,14-15H2,1-9H3,(H,37,41)(H3,33,35,36,38,39,45). The average Bonchev–Trinajstić information content (AvgIpc) is 3.42. The van der Waals surface area contributed by atoms with E-state index in [1.54, 1.807) is 74.6 Å². The lowest BCUT2D eigenvalue weighted by Gasteiger charge is -2.25. The summed E-state index contributed by atoms with van der Waals surface area (Å²) in [4.78, 5) is 79.3. The molecule has 0 aliphatic rings. The van der Waals surface area contributed by atoms with E-state index < -0.39 is 59.2 Å². The molecule has 0 radical (unpaired) electrons. The van der Waals surface area contributed by atoms with E-state index in [4.69, 9.17) is 24.7 Å². The Labute approximate surface area is 283 Å². The van der Waals surface area contributed by atoms with E-state index in [0.29, 0.717) is 5.69 Å². The lowest BCUT2D eigenvalue weighted by atomic mass is 10.1. The molecule has 3 aromatic heterocycles. The molecule has 3 aromatic rings. The molecule has 0 saturated carbocycles. The first-order valence-electron chi connectivity index (χ1n) is 15.2. The number of pyridine rings is 1. The summed E-state index contributed by atoms with van der Waals surface area (Å²) >= 11 is 0. The molecule has 17 nitrogen and oxygen atoms in total. The lowest BCUT2D eigenvalue weighted by molar-refractivity contribution is -0.165. The smallest absolute Gasteiger partial charge is 0.414 e. The Balaban J connectivity index is 1.70. The Bertz CT molecular complexity index is 1730. The van der Waals surface area contributed by atoms with Crippen molar-refractivity contribution in [3.8, 4) is 5.75 Å². The second-order valence-electron chi connectivity index (χ2n) is 13.7. The van der Waals surface area contributed by atoms with Gasteiger partial charge in [-0.25, -0.2) is 29.3 Å². The number of ether oxygens (including phenoxy) is 4. The van der Waals surface area contributed by atoms with Crippen molar-refractivity contribution in [3.63, 3.8) is 0 Å². The van der Waals surface area contributed by atoms with Crippen LogP contribution >= 0.6 is 0 Å². The normalized spacial score (nSPS) is 12.9. The first-order valence-corrected chi connectivity index (χ1v) is 15.2. The van der Waals surface area contributed by atoms with Crippen molar-refractivity contribution in [3.05, 3.63) is 48.2 Å². The van der Waals surface area contributed by atoms with Gasteiger partial charge in [0.25, 0.3) is 5.95 Å². The van der Waals surface area contributed by atoms with Gasteiger partial charge in [-0.1, -0.05) is 0 Å². The molecule has 2 amide bonds. The molecule has 0 fully saturated rings. The molecule has 0 spiro atoms. The number of imidazole rings is 1. The van der Waals surface area contributed by atoms with Gasteiger partial charge in [0, 0.05) is 30.5 Å². The summed E-state index contributed by atoms with van der Waals surface area (Å²) in [6.45, 7) is 15.1. The SMILES string of the molecule is CC(C)(C)OC(=O)CC(NC(=O)Cc1ccc(OC(=O)c2cnc(N=C(N)NC(=O)OC(C)(C)C)nc2)c2nccn12)C(=O)OC(C)(C)C. The zero-order chi connectivity index (χ0) is 36.7. The molecular formula is C32H42N8O9. The molecule has 3 rings (SSSR count). The van der Waals surface area contributed by atoms with Gasteiger partial charge in [0.05, 0.1) is 18.4 Å². The highest BCUT2D eigenvalue weighted by Gasteiger charge is 2.31. The molecule has 3 heterocycles. The van der Waals surface area contributed by atoms with Crippen molar-refractivity contribution in [1.82, 2.24) is 30.0 Å². The van der Waals surface area contributed by atoms with E-state index >= 15 is 0 Å². The highest BCUT2D eigenvalue weighted by Crippen LogP contribution is 2.22. The molecule has 17 heteroatoms. The van der Waals surface area contributed by atoms with Gasteiger partial charge in [-0.2, -0.15) is 4.99 Å². The second-order valence-corrected chi connectivity index (χ2v) is 13.7. The predicted molar refractivity (Wildman–Crippen MR) is 175 cm³/mol. The van der Waals surface area contributed by atoms with E-state index in [1.807, 2.05) is 0 Å². The van der Waals surface area contributed by atoms with Gasteiger partial charge in [-0.05, 0) is 74.4 Å². The quantitative estimate of drug-likeness (QED) is 0.128. The van der Waals surface area contributed by atoms with Crippen molar-refractivity contribution in [2.75, 3.05) is 0 Å². The number of hydrogen-bond acceptors (Lipinski definition) is 13. The van der Waals surface area contributed by atoms with E-state index in [2.05, 4.69) is 30.6 Å². The number of carbonyl (C=O) groups excluding carboxylic acids is 5. The molecule has 0 bridgehead atoms. The Morgan fingerprint density at radius 3 is 2.08 bits per heavy atom. The van der Waals surface area contributed by atoms with Crippen LogP contribution in [0, 0.1) is 0 Å². The lowest BCUT2D eigenvalue weighted by Crippen LogP contribution is -2.46. The van der Waals surface area contributed by atoms with Crippen LogP contribution in [0.25, 0.3) is 5.65 Å². The number of alkyl carbamates (subject to hydrolysis) is 1. The van der Waals surface area contributed by atoms with E-state index in [9.17, 15) is 24.0 Å². The third-order valence-electron chi connectivity index (χ3n) is 5.68. The summed E-state index contributed by atoms with van der Waals surface area (Å²) in [6.07, 6.45) is 3.87. The summed E-state index contributed by atoms with van der Waals surface area (Å²) in [5.74, 6) is -3.24. The number of nitrogens with zero attached hydrogens (tertiary/aromatic N) is 5. The van der Waals surface area contributed by atoms with E-state index in [-0.39, 0.29) is 35.3 Å². The Kier molecular flexibility index (Phi) is 11.6. The van der Waals surface area contributed by atoms with Crippen molar-refractivity contribution in [2.45, 2.75) is 98.0 Å². The van der Waals surface area contributed by atoms with Crippen molar-refractivity contribution < 1.29 is 42.9 Å². The van der Waals surface area contributed by atoms with Crippen LogP contribution in [0.15, 0.2) is 41.9 Å². The number of aromatic nitrogens is 4. The van der Waals surface area contributed by atoms with Gasteiger partial charge < -0.3 is 34.4 Å². The van der Waals surface area contributed by atoms with Crippen LogP contribution in [0.1, 0.15) is 84.8 Å². The maximum Gasteiger partial charge on any atom is 0.414 e. The minimum Gasteiger partial charge on any atom is -0.460 e. The molecule has 4 N–H and O–H groups in total. The van der Waals surface area contributed by atoms with E-state index in [1.165, 1.54) is 16.7 Å². The predicted octanol–water partition coefficient (Wildman–Crippen LogP) is 2.92. The zero-order valence-electron chi connectivity index (χ0n) is 28.9. The summed E-state index contributed by atoms with van der Waals surface area (Å²) in [5.41, 5.74) is 3.95. The zero-order valence-corrected chi connectivity index (χ0v) is 28.9. The fraction of sp³-hybridized carbons (Fsp3) is 0.469. The summed E-state index contributed by atoms with van der Waals surface area (Å²) in [6, 6.07) is 1.71. The molecule has 0 aliphatic carbocycles. The van der Waals surface area contributed by atoms with Crippen molar-refractivity contribution in [2.24, 2.45) is 10.7 Å². The van der Waals surface area contributed by atoms with Crippen molar-refractivity contribution >= 4 is 47.5 Å². The molecule has 0 aromatic carbocycles. The van der Waals surface area contributed by atoms with Gasteiger partial charge in [0.15, 0.2) is 11.4 Å². The molecule has 1 unspecified atom stereocenters. The number of guanidine groups is 1.